The molecule has 6 atom stereocenters. The molecule has 2 N–H and O–H groups in total. The van der Waals surface area contributed by atoms with Gasteiger partial charge in [0.05, 0.1) is 11.5 Å². The van der Waals surface area contributed by atoms with Gasteiger partial charge in [0.2, 0.25) is 0 Å². The number of hydrogen-bond donors (Lipinski definition) is 2. The molecule has 3 aliphatic rings. The fourth-order valence-electron chi connectivity index (χ4n) is 8.92. The van der Waals surface area contributed by atoms with Crippen molar-refractivity contribution in [3.63, 3.8) is 0 Å². The molecule has 6 rings (SSSR count). The third-order valence-corrected chi connectivity index (χ3v) is 10.5. The maximum atomic E-state index is 14.6. The van der Waals surface area contributed by atoms with Gasteiger partial charge < -0.3 is 10.2 Å². The molecule has 226 valence electrons. The Morgan fingerprint density at radius 1 is 0.864 bits per heavy atom. The number of phenols is 1. The van der Waals surface area contributed by atoms with Crippen LogP contribution in [0.5, 0.6) is 5.75 Å². The summed E-state index contributed by atoms with van der Waals surface area (Å²) in [7, 11) is 0. The van der Waals surface area contributed by atoms with Gasteiger partial charge in [-0.2, -0.15) is 0 Å². The second kappa shape index (κ2) is 9.89. The number of benzene rings is 3. The first-order chi connectivity index (χ1) is 20.7. The fourth-order valence-corrected chi connectivity index (χ4v) is 8.92. The average Bonchev–Trinajstić information content (AvgIpc) is 2.95. The third-order valence-electron chi connectivity index (χ3n) is 10.5. The summed E-state index contributed by atoms with van der Waals surface area (Å²) in [6.45, 7) is 8.03. The minimum Gasteiger partial charge on any atom is -0.507 e. The summed E-state index contributed by atoms with van der Waals surface area (Å²) in [4.78, 5) is 69.5. The average molecular weight is 593 g/mol. The van der Waals surface area contributed by atoms with E-state index in [1.165, 1.54) is 0 Å². The van der Waals surface area contributed by atoms with Crippen molar-refractivity contribution in [2.24, 2.45) is 34.5 Å². The topological polar surface area (TPSA) is 126 Å². The number of rotatable bonds is 4. The normalized spacial score (nSPS) is 31.4. The molecular weight excluding hydrogens is 556 g/mol. The van der Waals surface area contributed by atoms with Gasteiger partial charge in [-0.1, -0.05) is 88.4 Å². The van der Waals surface area contributed by atoms with Crippen LogP contribution >= 0.6 is 0 Å². The number of aliphatic hydroxyl groups is 1. The smallest absolute Gasteiger partial charge is 0.190 e. The Morgan fingerprint density at radius 3 is 1.93 bits per heavy atom. The molecule has 44 heavy (non-hydrogen) atoms. The Labute approximate surface area is 256 Å². The standard InChI is InChI=1S/C37H36O7/c1-19(2)28-31(40)26(20(3)38)33(42)37(44)34(43)29-32(41)27-25(17-35(29,4)18-36(28,37)5)23(21-12-8-6-9-13-21)16-24(30(27)39)22-14-10-7-11-15-22/h6-16,19,26,28-29,39,44H,17-18H2,1-5H3/t26?,28?,29?,35-,36-,37+/m1/s1. The Balaban J connectivity index is 1.62. The molecule has 0 spiro atoms. The first kappa shape index (κ1) is 29.8. The Bertz CT molecular complexity index is 1760. The Hall–Kier alpha value is -4.23. The zero-order valence-electron chi connectivity index (χ0n) is 25.5. The first-order valence-electron chi connectivity index (χ1n) is 15.1. The SMILES string of the molecule is CC(=O)C1C(=O)C(C(C)C)[C@@]2(C)C[C@@]3(C)Cc4c(-c5ccccc5)cc(-c5ccccc5)c(O)c4C(=O)C3C(=O)[C@@]2(O)C1=O. The number of hydrogen-bond acceptors (Lipinski definition) is 7. The molecule has 0 amide bonds. The van der Waals surface area contributed by atoms with Crippen LogP contribution in [0.3, 0.4) is 0 Å². The number of Topliss-reactive ketones (excluding diaryl/α,β-unsaturated/α-hetero) is 5. The van der Waals surface area contributed by atoms with E-state index in [0.717, 1.165) is 18.1 Å². The number of carbonyl (C=O) groups excluding carboxylic acids is 5. The molecule has 0 heterocycles. The minimum absolute atomic E-state index is 0.00361. The predicted octanol–water partition coefficient (Wildman–Crippen LogP) is 5.43. The van der Waals surface area contributed by atoms with Crippen LogP contribution in [0.2, 0.25) is 0 Å². The lowest BCUT2D eigenvalue weighted by Crippen LogP contribution is -2.76. The van der Waals surface area contributed by atoms with Crippen molar-refractivity contribution in [1.29, 1.82) is 0 Å². The van der Waals surface area contributed by atoms with Crippen molar-refractivity contribution in [3.05, 3.63) is 77.9 Å². The summed E-state index contributed by atoms with van der Waals surface area (Å²) >= 11 is 0. The summed E-state index contributed by atoms with van der Waals surface area (Å²) < 4.78 is 0. The van der Waals surface area contributed by atoms with Crippen LogP contribution in [0, 0.1) is 34.5 Å². The summed E-state index contributed by atoms with van der Waals surface area (Å²) in [5.74, 6) is -9.02. The lowest BCUT2D eigenvalue weighted by Gasteiger charge is -2.62. The molecule has 0 radical (unpaired) electrons. The molecule has 3 unspecified atom stereocenters. The van der Waals surface area contributed by atoms with E-state index in [1.807, 2.05) is 66.7 Å². The van der Waals surface area contributed by atoms with E-state index < -0.39 is 69.0 Å². The first-order valence-corrected chi connectivity index (χ1v) is 15.1. The number of phenolic OH excluding ortho intramolecular Hbond substituents is 1. The van der Waals surface area contributed by atoms with Crippen molar-refractivity contribution in [2.45, 2.75) is 53.1 Å². The Morgan fingerprint density at radius 2 is 1.41 bits per heavy atom. The van der Waals surface area contributed by atoms with E-state index in [9.17, 15) is 34.2 Å². The number of aromatic hydroxyl groups is 1. The second-order valence-corrected chi connectivity index (χ2v) is 13.7. The molecule has 3 aromatic carbocycles. The van der Waals surface area contributed by atoms with Gasteiger partial charge in [-0.25, -0.2) is 0 Å². The summed E-state index contributed by atoms with van der Waals surface area (Å²) in [6, 6.07) is 20.5. The van der Waals surface area contributed by atoms with Crippen LogP contribution < -0.4 is 0 Å². The highest BCUT2D eigenvalue weighted by Gasteiger charge is 2.76. The van der Waals surface area contributed by atoms with Crippen LogP contribution in [0.15, 0.2) is 66.7 Å². The van der Waals surface area contributed by atoms with Crippen LogP contribution in [0.1, 0.15) is 57.0 Å². The van der Waals surface area contributed by atoms with Crippen molar-refractivity contribution in [3.8, 4) is 28.0 Å². The van der Waals surface area contributed by atoms with Gasteiger partial charge in [-0.15, -0.1) is 0 Å². The van der Waals surface area contributed by atoms with Crippen LogP contribution in [-0.4, -0.2) is 44.7 Å². The highest BCUT2D eigenvalue weighted by molar-refractivity contribution is 6.32. The largest absolute Gasteiger partial charge is 0.507 e. The third kappa shape index (κ3) is 3.81. The monoisotopic (exact) mass is 592 g/mol. The zero-order chi connectivity index (χ0) is 31.9. The summed E-state index contributed by atoms with van der Waals surface area (Å²) in [5.41, 5.74) is -2.14. The summed E-state index contributed by atoms with van der Waals surface area (Å²) in [5, 5.41) is 24.0. The quantitative estimate of drug-likeness (QED) is 0.387. The highest BCUT2D eigenvalue weighted by atomic mass is 16.3. The van der Waals surface area contributed by atoms with Crippen LogP contribution in [-0.2, 0) is 25.6 Å². The number of fused-ring (bicyclic) bond motifs is 3. The second-order valence-electron chi connectivity index (χ2n) is 13.7. The molecule has 7 nitrogen and oxygen atoms in total. The molecule has 3 aliphatic carbocycles. The van der Waals surface area contributed by atoms with Gasteiger partial charge in [0.15, 0.2) is 28.7 Å². The van der Waals surface area contributed by atoms with Crippen LogP contribution in [0.25, 0.3) is 22.3 Å². The molecule has 0 saturated heterocycles. The van der Waals surface area contributed by atoms with Gasteiger partial charge >= 0.3 is 0 Å². The van der Waals surface area contributed by atoms with Crippen molar-refractivity contribution < 1.29 is 34.2 Å². The van der Waals surface area contributed by atoms with E-state index in [-0.39, 0.29) is 24.2 Å². The van der Waals surface area contributed by atoms with E-state index in [2.05, 4.69) is 0 Å². The molecule has 2 saturated carbocycles. The Kier molecular flexibility index (Phi) is 6.71. The van der Waals surface area contributed by atoms with Crippen molar-refractivity contribution >= 4 is 28.9 Å². The maximum Gasteiger partial charge on any atom is 0.190 e. The van der Waals surface area contributed by atoms with E-state index in [0.29, 0.717) is 16.7 Å². The lowest BCUT2D eigenvalue weighted by atomic mass is 9.39. The van der Waals surface area contributed by atoms with Gasteiger partial charge in [-0.3, -0.25) is 24.0 Å². The maximum absolute atomic E-state index is 14.6. The highest BCUT2D eigenvalue weighted by Crippen LogP contribution is 2.64. The molecule has 2 fully saturated rings. The van der Waals surface area contributed by atoms with Gasteiger partial charge in [-0.05, 0) is 59.4 Å². The lowest BCUT2D eigenvalue weighted by molar-refractivity contribution is -0.205. The molecule has 7 heteroatoms. The van der Waals surface area contributed by atoms with Crippen LogP contribution in [0.4, 0.5) is 0 Å². The molecule has 3 aromatic rings. The van der Waals surface area contributed by atoms with Crippen molar-refractivity contribution in [2.75, 3.05) is 0 Å². The van der Waals surface area contributed by atoms with Gasteiger partial charge in [0.1, 0.15) is 17.5 Å². The van der Waals surface area contributed by atoms with Crippen molar-refractivity contribution in [1.82, 2.24) is 0 Å². The van der Waals surface area contributed by atoms with E-state index in [1.54, 1.807) is 27.7 Å². The minimum atomic E-state index is -2.72. The summed E-state index contributed by atoms with van der Waals surface area (Å²) in [6.07, 6.45) is 0.199. The van der Waals surface area contributed by atoms with E-state index >= 15 is 0 Å². The molecular formula is C37H36O7. The van der Waals surface area contributed by atoms with Gasteiger partial charge in [0.25, 0.3) is 0 Å². The molecule has 0 aromatic heterocycles. The number of carbonyl (C=O) groups is 5. The van der Waals surface area contributed by atoms with Gasteiger partial charge in [0, 0.05) is 16.9 Å². The predicted molar refractivity (Wildman–Crippen MR) is 164 cm³/mol. The number of ketones is 5. The molecule has 0 bridgehead atoms. The fraction of sp³-hybridized carbons (Fsp3) is 0.378. The zero-order valence-corrected chi connectivity index (χ0v) is 25.5. The molecule has 0 aliphatic heterocycles. The van der Waals surface area contributed by atoms with E-state index in [4.69, 9.17) is 0 Å².